The topological polar surface area (TPSA) is 98.3 Å². The standard InChI is InChI=1S/C24H35N3O4/c1-23(29)9-7-17-15(11-23)3-4-19-18(17)8-10-24(2)20(19)5-6-21(24)22(28)14-26-13-16(12-25-26)27(30)31/h12-13,15,17-21,29H,3-11,14H2,1-2H3/t15-,17-,18+,19+,20-,21+,23+,24-/m0/s1. The van der Waals surface area contributed by atoms with Crippen LogP contribution in [0.5, 0.6) is 0 Å². The van der Waals surface area contributed by atoms with Crippen LogP contribution in [0.25, 0.3) is 0 Å². The predicted octanol–water partition coefficient (Wildman–Crippen LogP) is 4.38. The average Bonchev–Trinajstić information content (AvgIpc) is 3.31. The second-order valence-electron chi connectivity index (χ2n) is 11.5. The molecule has 4 aliphatic carbocycles. The largest absolute Gasteiger partial charge is 0.390 e. The number of rotatable bonds is 4. The number of ketones is 1. The molecule has 0 aliphatic heterocycles. The minimum atomic E-state index is -0.483. The van der Waals surface area contributed by atoms with Crippen LogP contribution in [0.1, 0.15) is 71.6 Å². The summed E-state index contributed by atoms with van der Waals surface area (Å²) in [7, 11) is 0. The molecule has 0 aromatic carbocycles. The van der Waals surface area contributed by atoms with Gasteiger partial charge in [-0.1, -0.05) is 6.92 Å². The molecule has 1 aromatic heterocycles. The number of nitrogens with zero attached hydrogens (tertiary/aromatic N) is 3. The van der Waals surface area contributed by atoms with Crippen LogP contribution in [-0.2, 0) is 11.3 Å². The van der Waals surface area contributed by atoms with E-state index in [1.807, 2.05) is 6.92 Å². The second-order valence-corrected chi connectivity index (χ2v) is 11.5. The Kier molecular flexibility index (Phi) is 5.03. The minimum Gasteiger partial charge on any atom is -0.390 e. The third-order valence-electron chi connectivity index (χ3n) is 9.77. The van der Waals surface area contributed by atoms with Crippen molar-refractivity contribution >= 4 is 11.5 Å². The molecule has 0 bridgehead atoms. The lowest BCUT2D eigenvalue weighted by Gasteiger charge is -2.56. The summed E-state index contributed by atoms with van der Waals surface area (Å²) in [5.74, 6) is 3.72. The molecule has 0 spiro atoms. The molecule has 1 heterocycles. The molecule has 170 valence electrons. The van der Waals surface area contributed by atoms with Crippen molar-refractivity contribution in [1.29, 1.82) is 0 Å². The molecule has 0 unspecified atom stereocenters. The van der Waals surface area contributed by atoms with Crippen molar-refractivity contribution in [3.63, 3.8) is 0 Å². The Labute approximate surface area is 183 Å². The Hall–Kier alpha value is -1.76. The normalized spacial score (nSPS) is 44.2. The average molecular weight is 430 g/mol. The maximum atomic E-state index is 13.3. The van der Waals surface area contributed by atoms with Gasteiger partial charge in [0, 0.05) is 5.92 Å². The number of carbonyl (C=O) groups is 1. The quantitative estimate of drug-likeness (QED) is 0.566. The van der Waals surface area contributed by atoms with E-state index in [0.717, 1.165) is 50.4 Å². The summed E-state index contributed by atoms with van der Waals surface area (Å²) >= 11 is 0. The lowest BCUT2D eigenvalue weighted by atomic mass is 9.49. The maximum absolute atomic E-state index is 13.3. The molecule has 4 aliphatic rings. The third kappa shape index (κ3) is 3.53. The zero-order chi connectivity index (χ0) is 22.0. The van der Waals surface area contributed by atoms with Gasteiger partial charge in [-0.15, -0.1) is 0 Å². The molecule has 7 heteroatoms. The van der Waals surface area contributed by atoms with Crippen molar-refractivity contribution in [1.82, 2.24) is 9.78 Å². The smallest absolute Gasteiger partial charge is 0.307 e. The molecule has 8 atom stereocenters. The number of carbonyl (C=O) groups excluding carboxylic acids is 1. The van der Waals surface area contributed by atoms with Crippen LogP contribution in [0, 0.1) is 51.0 Å². The van der Waals surface area contributed by atoms with Crippen LogP contribution < -0.4 is 0 Å². The van der Waals surface area contributed by atoms with Crippen LogP contribution in [0.4, 0.5) is 5.69 Å². The Morgan fingerprint density at radius 2 is 1.94 bits per heavy atom. The number of aliphatic hydroxyl groups is 1. The highest BCUT2D eigenvalue weighted by Gasteiger charge is 2.58. The number of aromatic nitrogens is 2. The van der Waals surface area contributed by atoms with Gasteiger partial charge in [0.2, 0.25) is 0 Å². The van der Waals surface area contributed by atoms with Crippen molar-refractivity contribution < 1.29 is 14.8 Å². The van der Waals surface area contributed by atoms with E-state index >= 15 is 0 Å². The number of nitro groups is 1. The highest BCUT2D eigenvalue weighted by Crippen LogP contribution is 2.64. The monoisotopic (exact) mass is 429 g/mol. The van der Waals surface area contributed by atoms with E-state index in [1.54, 1.807) is 0 Å². The van der Waals surface area contributed by atoms with Gasteiger partial charge in [-0.25, -0.2) is 0 Å². The summed E-state index contributed by atoms with van der Waals surface area (Å²) in [5.41, 5.74) is -0.499. The minimum absolute atomic E-state index is 0.0338. The van der Waals surface area contributed by atoms with E-state index in [4.69, 9.17) is 0 Å². The Balaban J connectivity index is 1.29. The summed E-state index contributed by atoms with van der Waals surface area (Å²) in [4.78, 5) is 23.7. The molecule has 1 N–H and O–H groups in total. The SMILES string of the molecule is C[C@@]1(O)CC[C@H]2[C@@H](CC[C@@H]3[C@@H]2CC[C@]2(C)[C@@H](C(=O)Cn4cc([N+](=O)[O-])cn4)CC[C@@H]32)C1. The lowest BCUT2D eigenvalue weighted by molar-refractivity contribution is -0.385. The van der Waals surface area contributed by atoms with Crippen LogP contribution in [-0.4, -0.2) is 31.2 Å². The number of fused-ring (bicyclic) bond motifs is 5. The van der Waals surface area contributed by atoms with Gasteiger partial charge in [-0.05, 0) is 99.7 Å². The first-order chi connectivity index (χ1) is 14.7. The Bertz CT molecular complexity index is 880. The molecule has 0 amide bonds. The van der Waals surface area contributed by atoms with E-state index in [1.165, 1.54) is 36.3 Å². The summed E-state index contributed by atoms with van der Waals surface area (Å²) in [5, 5.41) is 25.5. The second kappa shape index (κ2) is 7.39. The van der Waals surface area contributed by atoms with E-state index in [-0.39, 0.29) is 29.3 Å². The number of hydrogen-bond donors (Lipinski definition) is 1. The molecule has 0 radical (unpaired) electrons. The van der Waals surface area contributed by atoms with Crippen LogP contribution in [0.3, 0.4) is 0 Å². The summed E-state index contributed by atoms with van der Waals surface area (Å²) in [6.07, 6.45) is 12.5. The molecule has 1 aromatic rings. The molecule has 31 heavy (non-hydrogen) atoms. The first-order valence-corrected chi connectivity index (χ1v) is 12.1. The first kappa shape index (κ1) is 21.1. The van der Waals surface area contributed by atoms with Crippen molar-refractivity contribution in [2.45, 2.75) is 83.8 Å². The molecular formula is C24H35N3O4. The van der Waals surface area contributed by atoms with Gasteiger partial charge in [0.15, 0.2) is 5.78 Å². The van der Waals surface area contributed by atoms with E-state index in [0.29, 0.717) is 17.8 Å². The molecule has 0 saturated heterocycles. The zero-order valence-electron chi connectivity index (χ0n) is 18.7. The third-order valence-corrected chi connectivity index (χ3v) is 9.77. The molecule has 4 saturated carbocycles. The van der Waals surface area contributed by atoms with E-state index in [9.17, 15) is 20.0 Å². The highest BCUT2D eigenvalue weighted by atomic mass is 16.6. The summed E-state index contributed by atoms with van der Waals surface area (Å²) < 4.78 is 1.43. The van der Waals surface area contributed by atoms with Gasteiger partial charge in [0.25, 0.3) is 0 Å². The van der Waals surface area contributed by atoms with Crippen LogP contribution in [0.2, 0.25) is 0 Å². The summed E-state index contributed by atoms with van der Waals surface area (Å²) in [6, 6.07) is 0. The fraction of sp³-hybridized carbons (Fsp3) is 0.833. The van der Waals surface area contributed by atoms with Crippen molar-refractivity contribution in [3.05, 3.63) is 22.5 Å². The Morgan fingerprint density at radius 3 is 2.68 bits per heavy atom. The lowest BCUT2D eigenvalue weighted by Crippen LogP contribution is -2.51. The molecular weight excluding hydrogens is 394 g/mol. The number of hydrogen-bond acceptors (Lipinski definition) is 5. The fourth-order valence-electron chi connectivity index (χ4n) is 8.41. The molecule has 5 rings (SSSR count). The fourth-order valence-corrected chi connectivity index (χ4v) is 8.41. The Morgan fingerprint density at radius 1 is 1.16 bits per heavy atom. The van der Waals surface area contributed by atoms with E-state index in [2.05, 4.69) is 12.0 Å². The zero-order valence-corrected chi connectivity index (χ0v) is 18.7. The van der Waals surface area contributed by atoms with Gasteiger partial charge in [-0.2, -0.15) is 5.10 Å². The van der Waals surface area contributed by atoms with Crippen molar-refractivity contribution in [2.24, 2.45) is 40.9 Å². The maximum Gasteiger partial charge on any atom is 0.307 e. The van der Waals surface area contributed by atoms with Crippen molar-refractivity contribution in [2.75, 3.05) is 0 Å². The van der Waals surface area contributed by atoms with Crippen molar-refractivity contribution in [3.8, 4) is 0 Å². The number of Topliss-reactive ketones (excluding diaryl/α,β-unsaturated/α-hetero) is 1. The van der Waals surface area contributed by atoms with Gasteiger partial charge in [-0.3, -0.25) is 19.6 Å². The highest BCUT2D eigenvalue weighted by molar-refractivity contribution is 5.82. The van der Waals surface area contributed by atoms with Gasteiger partial charge in [0.1, 0.15) is 18.9 Å². The van der Waals surface area contributed by atoms with E-state index < -0.39 is 10.5 Å². The molecule has 7 nitrogen and oxygen atoms in total. The summed E-state index contributed by atoms with van der Waals surface area (Å²) in [6.45, 7) is 4.48. The van der Waals surface area contributed by atoms with Gasteiger partial charge >= 0.3 is 5.69 Å². The van der Waals surface area contributed by atoms with Gasteiger partial charge < -0.3 is 5.11 Å². The van der Waals surface area contributed by atoms with Crippen LogP contribution >= 0.6 is 0 Å². The predicted molar refractivity (Wildman–Crippen MR) is 115 cm³/mol. The molecule has 4 fully saturated rings. The first-order valence-electron chi connectivity index (χ1n) is 12.1. The van der Waals surface area contributed by atoms with Crippen LogP contribution in [0.15, 0.2) is 12.4 Å². The van der Waals surface area contributed by atoms with Gasteiger partial charge in [0.05, 0.1) is 10.5 Å².